The molecule has 1 aliphatic rings. The molecule has 0 bridgehead atoms. The van der Waals surface area contributed by atoms with Crippen LogP contribution in [-0.2, 0) is 11.0 Å². The summed E-state index contributed by atoms with van der Waals surface area (Å²) >= 11 is 0. The van der Waals surface area contributed by atoms with E-state index in [0.717, 1.165) is 4.68 Å². The van der Waals surface area contributed by atoms with Crippen molar-refractivity contribution in [3.05, 3.63) is 77.4 Å². The molecule has 1 aliphatic heterocycles. The van der Waals surface area contributed by atoms with Gasteiger partial charge in [-0.05, 0) is 53.6 Å². The fourth-order valence-electron chi connectivity index (χ4n) is 3.12. The maximum Gasteiger partial charge on any atom is 0.453 e. The minimum atomic E-state index is -4.71. The lowest BCUT2D eigenvalue weighted by Crippen LogP contribution is -2.20. The lowest BCUT2D eigenvalue weighted by atomic mass is 10.0. The summed E-state index contributed by atoms with van der Waals surface area (Å²) in [6, 6.07) is 11.5. The van der Waals surface area contributed by atoms with E-state index in [-0.39, 0.29) is 11.9 Å². The van der Waals surface area contributed by atoms with Crippen molar-refractivity contribution in [2.24, 2.45) is 0 Å². The van der Waals surface area contributed by atoms with Gasteiger partial charge in [0.1, 0.15) is 11.9 Å². The molecule has 0 saturated carbocycles. The summed E-state index contributed by atoms with van der Waals surface area (Å²) in [6.07, 6.45) is -3.02. The summed E-state index contributed by atoms with van der Waals surface area (Å²) in [5, 5.41) is 9.10. The number of alkyl halides is 3. The lowest BCUT2D eigenvalue weighted by molar-refractivity contribution is -0.145. The van der Waals surface area contributed by atoms with Gasteiger partial charge in [0.15, 0.2) is 0 Å². The smallest absolute Gasteiger partial charge is 0.326 e. The van der Waals surface area contributed by atoms with Crippen molar-refractivity contribution in [3.8, 4) is 0 Å². The van der Waals surface area contributed by atoms with Crippen molar-refractivity contribution < 1.29 is 22.4 Å². The molecule has 1 aromatic heterocycles. The fraction of sp³-hybridized carbons (Fsp3) is 0.150. The van der Waals surface area contributed by atoms with Gasteiger partial charge in [-0.15, -0.1) is 5.10 Å². The molecule has 1 amide bonds. The minimum absolute atomic E-state index is 0.0833. The van der Waals surface area contributed by atoms with Crippen LogP contribution < -0.4 is 10.6 Å². The van der Waals surface area contributed by atoms with Gasteiger partial charge in [-0.3, -0.25) is 4.79 Å². The first-order valence-electron chi connectivity index (χ1n) is 8.87. The molecule has 1 atom stereocenters. The van der Waals surface area contributed by atoms with Crippen LogP contribution in [0.15, 0.2) is 54.6 Å². The number of carbonyl (C=O) groups is 1. The van der Waals surface area contributed by atoms with Crippen LogP contribution in [0, 0.1) is 5.82 Å². The molecule has 30 heavy (non-hydrogen) atoms. The summed E-state index contributed by atoms with van der Waals surface area (Å²) in [5.41, 5.74) is 2.24. The molecular formula is C20H15F4N5O. The van der Waals surface area contributed by atoms with Crippen molar-refractivity contribution in [2.75, 3.05) is 10.6 Å². The highest BCUT2D eigenvalue weighted by atomic mass is 19.4. The van der Waals surface area contributed by atoms with Crippen LogP contribution in [0.5, 0.6) is 0 Å². The summed E-state index contributed by atoms with van der Waals surface area (Å²) < 4.78 is 54.0. The van der Waals surface area contributed by atoms with Crippen molar-refractivity contribution >= 4 is 23.2 Å². The normalized spacial score (nSPS) is 15.8. The Balaban J connectivity index is 1.78. The van der Waals surface area contributed by atoms with E-state index >= 15 is 0 Å². The number of hydrogen-bond acceptors (Lipinski definition) is 4. The molecule has 0 unspecified atom stereocenters. The van der Waals surface area contributed by atoms with Crippen molar-refractivity contribution in [3.63, 3.8) is 0 Å². The second kappa shape index (κ2) is 7.29. The summed E-state index contributed by atoms with van der Waals surface area (Å²) in [4.78, 5) is 14.8. The first kappa shape index (κ1) is 19.6. The van der Waals surface area contributed by atoms with E-state index in [2.05, 4.69) is 20.7 Å². The highest BCUT2D eigenvalue weighted by Gasteiger charge is 2.39. The van der Waals surface area contributed by atoms with E-state index in [1.807, 2.05) is 0 Å². The van der Waals surface area contributed by atoms with Crippen molar-refractivity contribution in [1.82, 2.24) is 14.8 Å². The zero-order valence-electron chi connectivity index (χ0n) is 15.5. The Labute approximate surface area is 168 Å². The van der Waals surface area contributed by atoms with E-state index in [9.17, 15) is 22.4 Å². The van der Waals surface area contributed by atoms with Crippen LogP contribution in [0.3, 0.4) is 0 Å². The lowest BCUT2D eigenvalue weighted by Gasteiger charge is -2.24. The Hall–Kier alpha value is -3.69. The average molecular weight is 417 g/mol. The zero-order valence-corrected chi connectivity index (χ0v) is 15.5. The predicted molar refractivity (Wildman–Crippen MR) is 102 cm³/mol. The average Bonchev–Trinajstić information content (AvgIpc) is 3.13. The van der Waals surface area contributed by atoms with Gasteiger partial charge in [-0.2, -0.15) is 18.2 Å². The van der Waals surface area contributed by atoms with Crippen LogP contribution in [0.2, 0.25) is 0 Å². The number of halogens is 4. The Morgan fingerprint density at radius 1 is 1.10 bits per heavy atom. The number of nitrogens with one attached hydrogen (secondary N) is 2. The molecule has 0 spiro atoms. The quantitative estimate of drug-likeness (QED) is 0.618. The van der Waals surface area contributed by atoms with E-state index in [4.69, 9.17) is 0 Å². The minimum Gasteiger partial charge on any atom is -0.326 e. The molecule has 2 heterocycles. The Morgan fingerprint density at radius 3 is 2.37 bits per heavy atom. The highest BCUT2D eigenvalue weighted by Crippen LogP contribution is 2.36. The van der Waals surface area contributed by atoms with Gasteiger partial charge in [0.05, 0.1) is 0 Å². The molecule has 6 nitrogen and oxygen atoms in total. The standard InChI is InChI=1S/C20H15F4N5O/c1-11(30)25-15-8-4-13(5-9-15)17-10-16(12-2-6-14(21)7-3-12)26-19-27-18(20(22,23)24)28-29(17)19/h2-10,17H,1H3,(H,25,30)(H,26,27,28)/t17-/m0/s1. The van der Waals surface area contributed by atoms with Crippen molar-refractivity contribution in [2.45, 2.75) is 19.1 Å². The van der Waals surface area contributed by atoms with Gasteiger partial charge in [0.25, 0.3) is 5.82 Å². The first-order valence-corrected chi connectivity index (χ1v) is 8.87. The van der Waals surface area contributed by atoms with Gasteiger partial charge in [0, 0.05) is 18.3 Å². The molecule has 0 fully saturated rings. The number of rotatable bonds is 3. The molecule has 2 N–H and O–H groups in total. The molecular weight excluding hydrogens is 402 g/mol. The van der Waals surface area contributed by atoms with Crippen LogP contribution in [0.1, 0.15) is 29.9 Å². The van der Waals surface area contributed by atoms with Crippen LogP contribution in [0.4, 0.5) is 29.2 Å². The predicted octanol–water partition coefficient (Wildman–Crippen LogP) is 4.45. The van der Waals surface area contributed by atoms with E-state index in [0.29, 0.717) is 22.5 Å². The molecule has 154 valence electrons. The zero-order chi connectivity index (χ0) is 21.5. The van der Waals surface area contributed by atoms with Gasteiger partial charge in [0.2, 0.25) is 11.9 Å². The number of hydrogen-bond donors (Lipinski definition) is 2. The Bertz CT molecular complexity index is 1120. The number of fused-ring (bicyclic) bond motifs is 1. The van der Waals surface area contributed by atoms with Crippen molar-refractivity contribution in [1.29, 1.82) is 0 Å². The summed E-state index contributed by atoms with van der Waals surface area (Å²) in [7, 11) is 0. The molecule has 4 rings (SSSR count). The second-order valence-corrected chi connectivity index (χ2v) is 6.66. The maximum atomic E-state index is 13.3. The number of carbonyl (C=O) groups excluding carboxylic acids is 1. The van der Waals surface area contributed by atoms with Crippen LogP contribution in [0.25, 0.3) is 5.70 Å². The highest BCUT2D eigenvalue weighted by molar-refractivity contribution is 5.88. The third-order valence-corrected chi connectivity index (χ3v) is 4.45. The molecule has 3 aromatic rings. The monoisotopic (exact) mass is 417 g/mol. The number of benzene rings is 2. The Kier molecular flexibility index (Phi) is 4.76. The first-order chi connectivity index (χ1) is 14.2. The molecule has 0 aliphatic carbocycles. The van der Waals surface area contributed by atoms with E-state index in [1.54, 1.807) is 30.3 Å². The Morgan fingerprint density at radius 2 is 1.77 bits per heavy atom. The number of amides is 1. The third-order valence-electron chi connectivity index (χ3n) is 4.45. The number of aromatic nitrogens is 3. The van der Waals surface area contributed by atoms with E-state index < -0.39 is 23.9 Å². The molecule has 2 aromatic carbocycles. The summed E-state index contributed by atoms with van der Waals surface area (Å²) in [5.74, 6) is -2.02. The van der Waals surface area contributed by atoms with Crippen LogP contribution >= 0.6 is 0 Å². The largest absolute Gasteiger partial charge is 0.453 e. The van der Waals surface area contributed by atoms with Gasteiger partial charge < -0.3 is 10.6 Å². The molecule has 0 saturated heterocycles. The van der Waals surface area contributed by atoms with Gasteiger partial charge >= 0.3 is 6.18 Å². The van der Waals surface area contributed by atoms with Crippen LogP contribution in [-0.4, -0.2) is 20.7 Å². The van der Waals surface area contributed by atoms with Gasteiger partial charge in [-0.25, -0.2) is 9.07 Å². The molecule has 0 radical (unpaired) electrons. The number of allylic oxidation sites excluding steroid dienone is 1. The maximum absolute atomic E-state index is 13.3. The number of nitrogens with zero attached hydrogens (tertiary/aromatic N) is 3. The topological polar surface area (TPSA) is 71.8 Å². The van der Waals surface area contributed by atoms with E-state index in [1.165, 1.54) is 31.2 Å². The van der Waals surface area contributed by atoms with Gasteiger partial charge in [-0.1, -0.05) is 12.1 Å². The number of anilines is 2. The summed E-state index contributed by atoms with van der Waals surface area (Å²) in [6.45, 7) is 1.37. The molecule has 10 heteroatoms. The third kappa shape index (κ3) is 3.88. The SMILES string of the molecule is CC(=O)Nc1ccc([C@@H]2C=C(c3ccc(F)cc3)Nc3nc(C(F)(F)F)nn32)cc1. The second-order valence-electron chi connectivity index (χ2n) is 6.66. The fourth-order valence-corrected chi connectivity index (χ4v) is 3.12.